The van der Waals surface area contributed by atoms with Gasteiger partial charge in [-0.1, -0.05) is 54.1 Å². The summed E-state index contributed by atoms with van der Waals surface area (Å²) in [6.45, 7) is -0.222. The lowest BCUT2D eigenvalue weighted by Crippen LogP contribution is -2.34. The zero-order valence-corrected chi connectivity index (χ0v) is 17.0. The largest absolute Gasteiger partial charge is 0.423 e. The number of ether oxygens (including phenoxy) is 1. The fraction of sp³-hybridized carbons (Fsp3) is 0.0435. The molecule has 0 spiro atoms. The van der Waals surface area contributed by atoms with E-state index in [9.17, 15) is 14.4 Å². The van der Waals surface area contributed by atoms with Gasteiger partial charge in [-0.25, -0.2) is 10.2 Å². The molecule has 0 aliphatic heterocycles. The molecule has 0 atom stereocenters. The lowest BCUT2D eigenvalue weighted by atomic mass is 10.2. The number of hydrogen-bond acceptors (Lipinski definition) is 5. The second-order valence-corrected chi connectivity index (χ2v) is 6.69. The molecule has 8 heteroatoms. The van der Waals surface area contributed by atoms with Crippen LogP contribution in [0.15, 0.2) is 84.0 Å². The Hall–Kier alpha value is -3.97. The van der Waals surface area contributed by atoms with Gasteiger partial charge in [0.25, 0.3) is 11.8 Å². The number of hydrazone groups is 1. The number of benzene rings is 3. The Bertz CT molecular complexity index is 1120. The average Bonchev–Trinajstić information content (AvgIpc) is 2.78. The molecule has 0 heterocycles. The second kappa shape index (κ2) is 10.7. The first-order valence-corrected chi connectivity index (χ1v) is 9.62. The third-order valence-corrected chi connectivity index (χ3v) is 4.34. The number of rotatable bonds is 7. The third kappa shape index (κ3) is 6.52. The maximum absolute atomic E-state index is 12.2. The molecule has 0 saturated heterocycles. The fourth-order valence-electron chi connectivity index (χ4n) is 2.52. The first-order valence-electron chi connectivity index (χ1n) is 9.25. The summed E-state index contributed by atoms with van der Waals surface area (Å²) in [5.41, 5.74) is 3.64. The van der Waals surface area contributed by atoms with E-state index in [1.807, 2.05) is 0 Å². The summed E-state index contributed by atoms with van der Waals surface area (Å²) in [5, 5.41) is 6.65. The fourth-order valence-corrected chi connectivity index (χ4v) is 2.73. The van der Waals surface area contributed by atoms with Crippen molar-refractivity contribution in [1.82, 2.24) is 10.7 Å². The Morgan fingerprint density at radius 1 is 0.935 bits per heavy atom. The first-order chi connectivity index (χ1) is 15.0. The number of carbonyl (C=O) groups excluding carboxylic acids is 3. The summed E-state index contributed by atoms with van der Waals surface area (Å²) in [4.78, 5) is 36.0. The third-order valence-electron chi connectivity index (χ3n) is 4.01. The molecule has 0 bridgehead atoms. The molecule has 3 aromatic carbocycles. The van der Waals surface area contributed by atoms with Gasteiger partial charge in [-0.2, -0.15) is 5.10 Å². The van der Waals surface area contributed by atoms with Crippen LogP contribution in [0.3, 0.4) is 0 Å². The van der Waals surface area contributed by atoms with Crippen molar-refractivity contribution in [3.63, 3.8) is 0 Å². The SMILES string of the molecule is O=C(CNC(=O)c1ccccc1)NN=Cc1cccc(OC(=O)c2ccccc2Cl)c1. The summed E-state index contributed by atoms with van der Waals surface area (Å²) in [5.74, 6) is -1.12. The molecular weight excluding hydrogens is 418 g/mol. The molecule has 0 unspecified atom stereocenters. The lowest BCUT2D eigenvalue weighted by molar-refractivity contribution is -0.120. The minimum Gasteiger partial charge on any atom is -0.423 e. The van der Waals surface area contributed by atoms with Gasteiger partial charge in [0.1, 0.15) is 5.75 Å². The molecule has 3 rings (SSSR count). The molecule has 0 aliphatic carbocycles. The summed E-state index contributed by atoms with van der Waals surface area (Å²) >= 11 is 6.01. The predicted molar refractivity (Wildman–Crippen MR) is 117 cm³/mol. The van der Waals surface area contributed by atoms with Gasteiger partial charge in [0.05, 0.1) is 23.3 Å². The van der Waals surface area contributed by atoms with Crippen molar-refractivity contribution in [3.8, 4) is 5.75 Å². The highest BCUT2D eigenvalue weighted by molar-refractivity contribution is 6.33. The van der Waals surface area contributed by atoms with E-state index in [1.54, 1.807) is 78.9 Å². The standard InChI is InChI=1S/C23H18ClN3O4/c24-20-12-5-4-11-19(20)23(30)31-18-10-6-7-16(13-18)14-26-27-21(28)15-25-22(29)17-8-2-1-3-9-17/h1-14H,15H2,(H,25,29)(H,27,28). The van der Waals surface area contributed by atoms with E-state index < -0.39 is 11.9 Å². The second-order valence-electron chi connectivity index (χ2n) is 6.28. The van der Waals surface area contributed by atoms with Crippen molar-refractivity contribution < 1.29 is 19.1 Å². The highest BCUT2D eigenvalue weighted by atomic mass is 35.5. The van der Waals surface area contributed by atoms with Crippen molar-refractivity contribution in [2.45, 2.75) is 0 Å². The van der Waals surface area contributed by atoms with Gasteiger partial charge in [0.2, 0.25) is 0 Å². The summed E-state index contributed by atoms with van der Waals surface area (Å²) in [6.07, 6.45) is 1.39. The van der Waals surface area contributed by atoms with Gasteiger partial charge < -0.3 is 10.1 Å². The van der Waals surface area contributed by atoms with Crippen molar-refractivity contribution in [2.24, 2.45) is 5.10 Å². The monoisotopic (exact) mass is 435 g/mol. The molecular formula is C23H18ClN3O4. The van der Waals surface area contributed by atoms with Crippen LogP contribution in [0.5, 0.6) is 5.75 Å². The zero-order chi connectivity index (χ0) is 22.1. The van der Waals surface area contributed by atoms with E-state index >= 15 is 0 Å². The first kappa shape index (κ1) is 21.7. The minimum absolute atomic E-state index is 0.222. The van der Waals surface area contributed by atoms with Crippen LogP contribution in [0, 0.1) is 0 Å². The van der Waals surface area contributed by atoms with Gasteiger partial charge in [0.15, 0.2) is 0 Å². The van der Waals surface area contributed by atoms with Crippen LogP contribution in [0.1, 0.15) is 26.3 Å². The summed E-state index contributed by atoms with van der Waals surface area (Å²) in [6, 6.07) is 21.8. The molecule has 0 fully saturated rings. The zero-order valence-electron chi connectivity index (χ0n) is 16.2. The van der Waals surface area contributed by atoms with E-state index in [0.29, 0.717) is 21.9 Å². The molecule has 3 aromatic rings. The highest BCUT2D eigenvalue weighted by Crippen LogP contribution is 2.19. The van der Waals surface area contributed by atoms with E-state index in [4.69, 9.17) is 16.3 Å². The molecule has 156 valence electrons. The number of esters is 1. The van der Waals surface area contributed by atoms with Crippen molar-refractivity contribution in [3.05, 3.63) is 101 Å². The summed E-state index contributed by atoms with van der Waals surface area (Å²) in [7, 11) is 0. The average molecular weight is 436 g/mol. The van der Waals surface area contributed by atoms with Crippen LogP contribution < -0.4 is 15.5 Å². The van der Waals surface area contributed by atoms with Gasteiger partial charge in [0, 0.05) is 5.56 Å². The molecule has 0 saturated carbocycles. The smallest absolute Gasteiger partial charge is 0.345 e. The van der Waals surface area contributed by atoms with Crippen LogP contribution in [0.25, 0.3) is 0 Å². The Morgan fingerprint density at radius 2 is 1.68 bits per heavy atom. The van der Waals surface area contributed by atoms with E-state index in [0.717, 1.165) is 0 Å². The highest BCUT2D eigenvalue weighted by Gasteiger charge is 2.12. The van der Waals surface area contributed by atoms with Crippen LogP contribution in [-0.2, 0) is 4.79 Å². The lowest BCUT2D eigenvalue weighted by Gasteiger charge is -2.06. The van der Waals surface area contributed by atoms with Crippen LogP contribution in [0.4, 0.5) is 0 Å². The molecule has 2 N–H and O–H groups in total. The van der Waals surface area contributed by atoms with Crippen LogP contribution >= 0.6 is 11.6 Å². The van der Waals surface area contributed by atoms with Gasteiger partial charge in [-0.3, -0.25) is 9.59 Å². The summed E-state index contributed by atoms with van der Waals surface area (Å²) < 4.78 is 5.34. The Labute approximate surface area is 183 Å². The molecule has 0 radical (unpaired) electrons. The predicted octanol–water partition coefficient (Wildman–Crippen LogP) is 3.44. The van der Waals surface area contributed by atoms with E-state index in [2.05, 4.69) is 15.8 Å². The normalized spacial score (nSPS) is 10.5. The number of nitrogens with one attached hydrogen (secondary N) is 2. The van der Waals surface area contributed by atoms with Gasteiger partial charge in [-0.15, -0.1) is 0 Å². The Morgan fingerprint density at radius 3 is 2.45 bits per heavy atom. The van der Waals surface area contributed by atoms with Crippen LogP contribution in [-0.4, -0.2) is 30.5 Å². The molecule has 31 heavy (non-hydrogen) atoms. The number of nitrogens with zero attached hydrogens (tertiary/aromatic N) is 1. The Kier molecular flexibility index (Phi) is 7.50. The van der Waals surface area contributed by atoms with Crippen molar-refractivity contribution in [1.29, 1.82) is 0 Å². The number of amides is 2. The topological polar surface area (TPSA) is 96.9 Å². The maximum Gasteiger partial charge on any atom is 0.345 e. The van der Waals surface area contributed by atoms with E-state index in [-0.39, 0.29) is 18.0 Å². The van der Waals surface area contributed by atoms with Crippen molar-refractivity contribution >= 4 is 35.6 Å². The van der Waals surface area contributed by atoms with E-state index in [1.165, 1.54) is 6.21 Å². The number of hydrogen-bond donors (Lipinski definition) is 2. The molecule has 2 amide bonds. The van der Waals surface area contributed by atoms with Gasteiger partial charge >= 0.3 is 5.97 Å². The minimum atomic E-state index is -0.581. The quantitative estimate of drug-likeness (QED) is 0.257. The number of halogens is 1. The van der Waals surface area contributed by atoms with Gasteiger partial charge in [-0.05, 0) is 42.0 Å². The Balaban J connectivity index is 1.51. The number of carbonyl (C=O) groups is 3. The molecule has 0 aliphatic rings. The molecule has 0 aromatic heterocycles. The van der Waals surface area contributed by atoms with Crippen LogP contribution in [0.2, 0.25) is 5.02 Å². The van der Waals surface area contributed by atoms with Crippen molar-refractivity contribution in [2.75, 3.05) is 6.54 Å². The molecule has 7 nitrogen and oxygen atoms in total. The maximum atomic E-state index is 12.2.